The molecule has 5 rings (SSSR count). The van der Waals surface area contributed by atoms with E-state index < -0.39 is 0 Å². The first-order valence-electron chi connectivity index (χ1n) is 9.32. The molecular weight excluding hydrogens is 431 g/mol. The Kier molecular flexibility index (Phi) is 5.11. The zero-order valence-electron chi connectivity index (χ0n) is 15.2. The molecule has 3 aromatic heterocycles. The van der Waals surface area contributed by atoms with Crippen LogP contribution in [0.5, 0.6) is 0 Å². The average Bonchev–Trinajstić information content (AvgIpc) is 3.35. The van der Waals surface area contributed by atoms with Gasteiger partial charge in [-0.1, -0.05) is 42.5 Å². The molecule has 29 heavy (non-hydrogen) atoms. The fourth-order valence-electron chi connectivity index (χ4n) is 3.65. The Labute approximate surface area is 180 Å². The smallest absolute Gasteiger partial charge is 0.200 e. The lowest BCUT2D eigenvalue weighted by Crippen LogP contribution is -2.15. The van der Waals surface area contributed by atoms with E-state index in [4.69, 9.17) is 23.2 Å². The highest BCUT2D eigenvalue weighted by Crippen LogP contribution is 2.39. The summed E-state index contributed by atoms with van der Waals surface area (Å²) < 4.78 is 3.60. The van der Waals surface area contributed by atoms with Gasteiger partial charge in [0.15, 0.2) is 16.6 Å². The lowest BCUT2D eigenvalue weighted by molar-refractivity contribution is 0.339. The van der Waals surface area contributed by atoms with Crippen LogP contribution < -0.4 is 0 Å². The Morgan fingerprint density at radius 1 is 0.966 bits per heavy atom. The van der Waals surface area contributed by atoms with E-state index in [0.29, 0.717) is 21.7 Å². The van der Waals surface area contributed by atoms with Crippen molar-refractivity contribution in [3.05, 3.63) is 40.4 Å². The molecular formula is C18H16Cl2N8S. The zero-order valence-corrected chi connectivity index (χ0v) is 17.6. The summed E-state index contributed by atoms with van der Waals surface area (Å²) in [7, 11) is 0. The van der Waals surface area contributed by atoms with Crippen LogP contribution in [0, 0.1) is 0 Å². The number of tetrazole rings is 1. The highest BCUT2D eigenvalue weighted by molar-refractivity contribution is 7.99. The van der Waals surface area contributed by atoms with E-state index in [1.165, 1.54) is 35.7 Å². The van der Waals surface area contributed by atoms with Gasteiger partial charge in [0.2, 0.25) is 0 Å². The second kappa shape index (κ2) is 7.89. The molecule has 148 valence electrons. The number of rotatable bonds is 4. The summed E-state index contributed by atoms with van der Waals surface area (Å²) in [5.41, 5.74) is 1.42. The van der Waals surface area contributed by atoms with Crippen LogP contribution in [-0.4, -0.2) is 40.0 Å². The van der Waals surface area contributed by atoms with Gasteiger partial charge in [0, 0.05) is 16.6 Å². The van der Waals surface area contributed by atoms with Gasteiger partial charge in [-0.15, -0.1) is 25.0 Å². The fourth-order valence-corrected chi connectivity index (χ4v) is 5.00. The predicted molar refractivity (Wildman–Crippen MR) is 110 cm³/mol. The van der Waals surface area contributed by atoms with E-state index >= 15 is 0 Å². The van der Waals surface area contributed by atoms with E-state index in [9.17, 15) is 0 Å². The van der Waals surface area contributed by atoms with Crippen LogP contribution >= 0.6 is 35.0 Å². The van der Waals surface area contributed by atoms with Crippen LogP contribution in [0.4, 0.5) is 0 Å². The molecule has 0 saturated heterocycles. The molecule has 0 bridgehead atoms. The van der Waals surface area contributed by atoms with Crippen LogP contribution in [0.2, 0.25) is 10.0 Å². The number of fused-ring (bicyclic) bond motifs is 1. The van der Waals surface area contributed by atoms with Crippen molar-refractivity contribution in [3.8, 4) is 11.4 Å². The Morgan fingerprint density at radius 2 is 1.83 bits per heavy atom. The molecule has 0 amide bonds. The van der Waals surface area contributed by atoms with Gasteiger partial charge in [-0.05, 0) is 65.4 Å². The van der Waals surface area contributed by atoms with E-state index in [0.717, 1.165) is 34.4 Å². The molecule has 0 N–H and O–H groups in total. The summed E-state index contributed by atoms with van der Waals surface area (Å²) in [5.74, 6) is 0.754. The monoisotopic (exact) mass is 446 g/mol. The Balaban J connectivity index is 1.58. The molecule has 11 heteroatoms. The first-order chi connectivity index (χ1) is 14.2. The van der Waals surface area contributed by atoms with Crippen molar-refractivity contribution in [1.29, 1.82) is 0 Å². The van der Waals surface area contributed by atoms with Gasteiger partial charge >= 0.3 is 0 Å². The molecule has 1 aromatic carbocycles. The molecule has 0 aliphatic heterocycles. The molecule has 0 spiro atoms. The third kappa shape index (κ3) is 3.70. The summed E-state index contributed by atoms with van der Waals surface area (Å²) in [6, 6.07) is 9.48. The fraction of sp³-hybridized carbons (Fsp3) is 0.333. The number of halogens is 2. The number of hydrogen-bond donors (Lipinski definition) is 0. The first-order valence-corrected chi connectivity index (χ1v) is 10.9. The van der Waals surface area contributed by atoms with E-state index in [1.807, 2.05) is 24.3 Å². The van der Waals surface area contributed by atoms with E-state index in [1.54, 1.807) is 6.07 Å². The van der Waals surface area contributed by atoms with Crippen LogP contribution in [0.25, 0.3) is 17.0 Å². The SMILES string of the molecule is Clc1ccc(-c2nnc(Sc3ccc4nnnn4n3)n2C2CCCCC2)c(Cl)c1. The largest absolute Gasteiger partial charge is 0.299 e. The predicted octanol–water partition coefficient (Wildman–Crippen LogP) is 4.74. The highest BCUT2D eigenvalue weighted by atomic mass is 35.5. The molecule has 0 atom stereocenters. The van der Waals surface area contributed by atoms with Crippen molar-refractivity contribution in [2.75, 3.05) is 0 Å². The van der Waals surface area contributed by atoms with Gasteiger partial charge in [-0.2, -0.15) is 0 Å². The average molecular weight is 447 g/mol. The molecule has 8 nitrogen and oxygen atoms in total. The number of hydrogen-bond acceptors (Lipinski definition) is 7. The van der Waals surface area contributed by atoms with E-state index in [-0.39, 0.29) is 0 Å². The lowest BCUT2D eigenvalue weighted by Gasteiger charge is -2.25. The summed E-state index contributed by atoms with van der Waals surface area (Å²) >= 11 is 14.0. The quantitative estimate of drug-likeness (QED) is 0.447. The third-order valence-electron chi connectivity index (χ3n) is 5.02. The molecule has 1 aliphatic rings. The summed E-state index contributed by atoms with van der Waals surface area (Å²) in [5, 5.41) is 27.5. The molecule has 3 heterocycles. The molecule has 1 aliphatic carbocycles. The molecule has 1 fully saturated rings. The van der Waals surface area contributed by atoms with Crippen molar-refractivity contribution in [2.45, 2.75) is 48.3 Å². The summed E-state index contributed by atoms with van der Waals surface area (Å²) in [6.07, 6.45) is 5.81. The minimum atomic E-state index is 0.319. The number of aromatic nitrogens is 8. The number of nitrogens with zero attached hydrogens (tertiary/aromatic N) is 8. The zero-order chi connectivity index (χ0) is 19.8. The maximum absolute atomic E-state index is 6.49. The molecule has 1 saturated carbocycles. The van der Waals surface area contributed by atoms with Gasteiger partial charge in [-0.3, -0.25) is 4.57 Å². The van der Waals surface area contributed by atoms with Crippen molar-refractivity contribution in [1.82, 2.24) is 40.0 Å². The normalized spacial score (nSPS) is 15.2. The Bertz CT molecular complexity index is 1170. The maximum Gasteiger partial charge on any atom is 0.200 e. The van der Waals surface area contributed by atoms with Crippen LogP contribution in [0.15, 0.2) is 40.5 Å². The summed E-state index contributed by atoms with van der Waals surface area (Å²) in [6.45, 7) is 0. The van der Waals surface area contributed by atoms with Crippen molar-refractivity contribution in [3.63, 3.8) is 0 Å². The topological polar surface area (TPSA) is 86.7 Å². The molecule has 4 aromatic rings. The van der Waals surface area contributed by atoms with Crippen molar-refractivity contribution < 1.29 is 0 Å². The van der Waals surface area contributed by atoms with Gasteiger partial charge in [-0.25, -0.2) is 0 Å². The van der Waals surface area contributed by atoms with Crippen molar-refractivity contribution in [2.24, 2.45) is 0 Å². The Hall–Kier alpha value is -2.23. The van der Waals surface area contributed by atoms with Crippen LogP contribution in [0.1, 0.15) is 38.1 Å². The minimum absolute atomic E-state index is 0.319. The van der Waals surface area contributed by atoms with Gasteiger partial charge in [0.1, 0.15) is 5.03 Å². The minimum Gasteiger partial charge on any atom is -0.299 e. The van der Waals surface area contributed by atoms with Crippen molar-refractivity contribution >= 4 is 40.6 Å². The van der Waals surface area contributed by atoms with Crippen LogP contribution in [-0.2, 0) is 0 Å². The second-order valence-corrected chi connectivity index (χ2v) is 8.72. The first kappa shape index (κ1) is 18.8. The molecule has 0 radical (unpaired) electrons. The lowest BCUT2D eigenvalue weighted by atomic mass is 9.95. The maximum atomic E-state index is 6.49. The Morgan fingerprint density at radius 3 is 2.66 bits per heavy atom. The highest BCUT2D eigenvalue weighted by Gasteiger charge is 2.25. The molecule has 0 unspecified atom stereocenters. The van der Waals surface area contributed by atoms with Gasteiger partial charge in [0.05, 0.1) is 5.02 Å². The third-order valence-corrected chi connectivity index (χ3v) is 6.45. The van der Waals surface area contributed by atoms with E-state index in [2.05, 4.69) is 35.4 Å². The van der Waals surface area contributed by atoms with Gasteiger partial charge in [0.25, 0.3) is 0 Å². The van der Waals surface area contributed by atoms with Gasteiger partial charge < -0.3 is 0 Å². The van der Waals surface area contributed by atoms with Crippen LogP contribution in [0.3, 0.4) is 0 Å². The standard InChI is InChI=1S/C18H16Cl2N8S/c19-11-6-7-13(14(20)10-11)17-22-23-18(27(17)12-4-2-1-3-5-12)29-16-9-8-15-21-25-26-28(15)24-16/h6-10,12H,1-5H2. The number of benzene rings is 1. The second-order valence-electron chi connectivity index (χ2n) is 6.89. The summed E-state index contributed by atoms with van der Waals surface area (Å²) in [4.78, 5) is 0.